The summed E-state index contributed by atoms with van der Waals surface area (Å²) in [6.07, 6.45) is 0. The van der Waals surface area contributed by atoms with Crippen LogP contribution < -0.4 is 4.72 Å². The molecule has 0 aliphatic rings. The van der Waals surface area contributed by atoms with E-state index in [2.05, 4.69) is 17.5 Å². The fourth-order valence-corrected chi connectivity index (χ4v) is 1.56. The summed E-state index contributed by atoms with van der Waals surface area (Å²) < 4.78 is 2.72. The van der Waals surface area contributed by atoms with Crippen LogP contribution in [0.15, 0.2) is 18.2 Å². The first-order valence-corrected chi connectivity index (χ1v) is 4.24. The van der Waals surface area contributed by atoms with Crippen LogP contribution in [0.5, 0.6) is 0 Å². The molecule has 0 aliphatic carbocycles. The number of hydrogen-bond donors (Lipinski definition) is 2. The van der Waals surface area contributed by atoms with Crippen LogP contribution in [0.2, 0.25) is 10.0 Å². The highest BCUT2D eigenvalue weighted by Crippen LogP contribution is 2.18. The zero-order valence-electron chi connectivity index (χ0n) is 5.64. The third kappa shape index (κ3) is 2.91. The molecule has 0 bridgehead atoms. The Morgan fingerprint density at radius 1 is 1.18 bits per heavy atom. The summed E-state index contributed by atoms with van der Waals surface area (Å²) >= 11 is 15.4. The molecule has 0 radical (unpaired) electrons. The Hall–Kier alpha value is 0.110. The number of thiol groups is 1. The molecule has 0 amide bonds. The first-order chi connectivity index (χ1) is 5.22. The van der Waals surface area contributed by atoms with E-state index in [9.17, 15) is 0 Å². The van der Waals surface area contributed by atoms with Gasteiger partial charge in [0.1, 0.15) is 0 Å². The first kappa shape index (κ1) is 9.20. The zero-order chi connectivity index (χ0) is 8.27. The number of nitrogens with one attached hydrogen (secondary N) is 1. The van der Waals surface area contributed by atoms with Crippen LogP contribution in [0.25, 0.3) is 0 Å². The Kier molecular flexibility index (Phi) is 3.52. The number of benzene rings is 1. The lowest BCUT2D eigenvalue weighted by Gasteiger charge is -2.00. The molecule has 0 unspecified atom stereocenters. The summed E-state index contributed by atoms with van der Waals surface area (Å²) in [6.45, 7) is 0.656. The molecule has 1 aromatic rings. The number of rotatable bonds is 2. The van der Waals surface area contributed by atoms with Gasteiger partial charge in [-0.1, -0.05) is 36.0 Å². The summed E-state index contributed by atoms with van der Waals surface area (Å²) in [5, 5.41) is 1.30. The quantitative estimate of drug-likeness (QED) is 0.712. The maximum absolute atomic E-state index is 5.75. The monoisotopic (exact) mass is 207 g/mol. The Morgan fingerprint density at radius 2 is 1.73 bits per heavy atom. The van der Waals surface area contributed by atoms with Crippen LogP contribution >= 0.6 is 36.0 Å². The zero-order valence-corrected chi connectivity index (χ0v) is 8.05. The topological polar surface area (TPSA) is 12.0 Å². The molecule has 0 aromatic heterocycles. The molecule has 0 heterocycles. The van der Waals surface area contributed by atoms with Gasteiger partial charge >= 0.3 is 0 Å². The van der Waals surface area contributed by atoms with Crippen molar-refractivity contribution < 1.29 is 0 Å². The van der Waals surface area contributed by atoms with E-state index < -0.39 is 0 Å². The second-order valence-electron chi connectivity index (χ2n) is 2.11. The minimum absolute atomic E-state index is 0.649. The normalized spacial score (nSPS) is 10.1. The molecule has 4 heteroatoms. The highest BCUT2D eigenvalue weighted by molar-refractivity contribution is 7.78. The molecular formula is C7H7Cl2NS. The van der Waals surface area contributed by atoms with Gasteiger partial charge in [0.05, 0.1) is 0 Å². The highest BCUT2D eigenvalue weighted by Gasteiger charge is 1.95. The fourth-order valence-electron chi connectivity index (χ4n) is 0.804. The Labute approximate surface area is 81.2 Å². The van der Waals surface area contributed by atoms with E-state index in [4.69, 9.17) is 23.2 Å². The van der Waals surface area contributed by atoms with Gasteiger partial charge in [0.25, 0.3) is 0 Å². The minimum atomic E-state index is 0.649. The van der Waals surface area contributed by atoms with E-state index in [1.807, 2.05) is 12.1 Å². The molecule has 1 aromatic carbocycles. The molecule has 11 heavy (non-hydrogen) atoms. The van der Waals surface area contributed by atoms with Gasteiger partial charge in [-0.25, -0.2) is 0 Å². The highest BCUT2D eigenvalue weighted by atomic mass is 35.5. The van der Waals surface area contributed by atoms with Crippen LogP contribution in [0.1, 0.15) is 5.56 Å². The molecule has 1 rings (SSSR count). The fraction of sp³-hybridized carbons (Fsp3) is 0.143. The summed E-state index contributed by atoms with van der Waals surface area (Å²) in [5.41, 5.74) is 1.03. The van der Waals surface area contributed by atoms with Crippen molar-refractivity contribution in [2.75, 3.05) is 0 Å². The predicted octanol–water partition coefficient (Wildman–Crippen LogP) is 2.93. The van der Waals surface area contributed by atoms with E-state index in [0.29, 0.717) is 16.6 Å². The lowest BCUT2D eigenvalue weighted by atomic mass is 10.2. The van der Waals surface area contributed by atoms with Gasteiger partial charge < -0.3 is 0 Å². The number of halogens is 2. The average molecular weight is 208 g/mol. The molecular weight excluding hydrogens is 201 g/mol. The maximum atomic E-state index is 5.75. The van der Waals surface area contributed by atoms with Crippen molar-refractivity contribution in [2.24, 2.45) is 0 Å². The predicted molar refractivity (Wildman–Crippen MR) is 52.3 cm³/mol. The summed E-state index contributed by atoms with van der Waals surface area (Å²) in [7, 11) is 0. The second-order valence-corrected chi connectivity index (χ2v) is 3.30. The Balaban J connectivity index is 2.89. The molecule has 0 aliphatic heterocycles. The van der Waals surface area contributed by atoms with Gasteiger partial charge in [0.2, 0.25) is 0 Å². The van der Waals surface area contributed by atoms with Crippen molar-refractivity contribution in [1.29, 1.82) is 0 Å². The lowest BCUT2D eigenvalue weighted by Crippen LogP contribution is -1.97. The third-order valence-electron chi connectivity index (χ3n) is 1.21. The van der Waals surface area contributed by atoms with E-state index in [0.717, 1.165) is 5.56 Å². The van der Waals surface area contributed by atoms with Crippen LogP contribution in [0.4, 0.5) is 0 Å². The first-order valence-electron chi connectivity index (χ1n) is 3.04. The Morgan fingerprint density at radius 3 is 2.18 bits per heavy atom. The van der Waals surface area contributed by atoms with Crippen LogP contribution in [-0.4, -0.2) is 0 Å². The van der Waals surface area contributed by atoms with Crippen molar-refractivity contribution in [3.8, 4) is 0 Å². The van der Waals surface area contributed by atoms with Gasteiger partial charge in [-0.05, 0) is 23.8 Å². The van der Waals surface area contributed by atoms with Crippen molar-refractivity contribution in [3.63, 3.8) is 0 Å². The Bertz CT molecular complexity index is 232. The molecule has 1 nitrogen and oxygen atoms in total. The van der Waals surface area contributed by atoms with Crippen molar-refractivity contribution in [1.82, 2.24) is 4.72 Å². The van der Waals surface area contributed by atoms with Gasteiger partial charge in [-0.2, -0.15) is 0 Å². The molecule has 1 N–H and O–H groups in total. The molecule has 0 spiro atoms. The van der Waals surface area contributed by atoms with Gasteiger partial charge in [0, 0.05) is 16.6 Å². The molecule has 0 saturated carbocycles. The van der Waals surface area contributed by atoms with Gasteiger partial charge in [-0.15, -0.1) is 0 Å². The molecule has 0 saturated heterocycles. The SMILES string of the molecule is SNCc1cc(Cl)cc(Cl)c1. The second kappa shape index (κ2) is 4.21. The molecule has 0 fully saturated rings. The lowest BCUT2D eigenvalue weighted by molar-refractivity contribution is 0.985. The van der Waals surface area contributed by atoms with Crippen molar-refractivity contribution >= 4 is 36.0 Å². The number of hydrogen-bond acceptors (Lipinski definition) is 2. The average Bonchev–Trinajstić information content (AvgIpc) is 1.85. The largest absolute Gasteiger partial charge is 0.262 e. The smallest absolute Gasteiger partial charge is 0.0424 e. The van der Waals surface area contributed by atoms with E-state index >= 15 is 0 Å². The standard InChI is InChI=1S/C7H7Cl2NS/c8-6-1-5(4-10-11)2-7(9)3-6/h1-3,10-11H,4H2. The summed E-state index contributed by atoms with van der Waals surface area (Å²) in [4.78, 5) is 0. The van der Waals surface area contributed by atoms with Crippen LogP contribution in [0, 0.1) is 0 Å². The maximum Gasteiger partial charge on any atom is 0.0424 e. The third-order valence-corrected chi connectivity index (χ3v) is 1.80. The molecule has 0 atom stereocenters. The van der Waals surface area contributed by atoms with Crippen LogP contribution in [-0.2, 0) is 6.54 Å². The van der Waals surface area contributed by atoms with Crippen LogP contribution in [0.3, 0.4) is 0 Å². The van der Waals surface area contributed by atoms with E-state index in [1.54, 1.807) is 6.07 Å². The van der Waals surface area contributed by atoms with Crippen molar-refractivity contribution in [2.45, 2.75) is 6.54 Å². The van der Waals surface area contributed by atoms with Crippen molar-refractivity contribution in [3.05, 3.63) is 33.8 Å². The van der Waals surface area contributed by atoms with Gasteiger partial charge in [0.15, 0.2) is 0 Å². The summed E-state index contributed by atoms with van der Waals surface area (Å²) in [6, 6.07) is 5.39. The molecule has 60 valence electrons. The van der Waals surface area contributed by atoms with E-state index in [-0.39, 0.29) is 0 Å². The summed E-state index contributed by atoms with van der Waals surface area (Å²) in [5.74, 6) is 0. The van der Waals surface area contributed by atoms with Gasteiger partial charge in [-0.3, -0.25) is 4.72 Å². The van der Waals surface area contributed by atoms with E-state index in [1.165, 1.54) is 0 Å². The minimum Gasteiger partial charge on any atom is -0.262 e.